The van der Waals surface area contributed by atoms with Crippen LogP contribution in [0, 0.1) is 0 Å². The standard InChI is InChI=1S/C16H26N2O.ClH/c1-12(2)15-8-6-14(7-9-15)11-18(4)16(19)10-5-13(3)17;/h6-9,12-13H,5,10-11,17H2,1-4H3;1H. The van der Waals surface area contributed by atoms with E-state index < -0.39 is 0 Å². The Labute approximate surface area is 128 Å². The Morgan fingerprint density at radius 1 is 1.20 bits per heavy atom. The van der Waals surface area contributed by atoms with Crippen molar-refractivity contribution in [3.8, 4) is 0 Å². The van der Waals surface area contributed by atoms with Gasteiger partial charge in [0.05, 0.1) is 0 Å². The maximum Gasteiger partial charge on any atom is 0.222 e. The predicted molar refractivity (Wildman–Crippen MR) is 87.1 cm³/mol. The van der Waals surface area contributed by atoms with Gasteiger partial charge in [-0.2, -0.15) is 0 Å². The lowest BCUT2D eigenvalue weighted by molar-refractivity contribution is -0.130. The fourth-order valence-corrected chi connectivity index (χ4v) is 1.91. The van der Waals surface area contributed by atoms with Crippen molar-refractivity contribution < 1.29 is 4.79 Å². The molecule has 0 heterocycles. The topological polar surface area (TPSA) is 46.3 Å². The molecule has 0 spiro atoms. The lowest BCUT2D eigenvalue weighted by Crippen LogP contribution is -2.28. The first-order chi connectivity index (χ1) is 8.90. The zero-order valence-electron chi connectivity index (χ0n) is 12.9. The second-order valence-electron chi connectivity index (χ2n) is 5.66. The molecule has 1 unspecified atom stereocenters. The van der Waals surface area contributed by atoms with E-state index in [1.807, 2.05) is 14.0 Å². The third-order valence-corrected chi connectivity index (χ3v) is 3.31. The van der Waals surface area contributed by atoms with Crippen LogP contribution < -0.4 is 5.73 Å². The van der Waals surface area contributed by atoms with Crippen LogP contribution in [-0.4, -0.2) is 23.9 Å². The van der Waals surface area contributed by atoms with Crippen molar-refractivity contribution in [3.63, 3.8) is 0 Å². The average Bonchev–Trinajstić information content (AvgIpc) is 2.36. The molecule has 4 heteroatoms. The fourth-order valence-electron chi connectivity index (χ4n) is 1.91. The van der Waals surface area contributed by atoms with Gasteiger partial charge in [0, 0.05) is 26.1 Å². The van der Waals surface area contributed by atoms with Gasteiger partial charge < -0.3 is 10.6 Å². The molecule has 1 atom stereocenters. The Hall–Kier alpha value is -1.06. The van der Waals surface area contributed by atoms with E-state index in [-0.39, 0.29) is 24.4 Å². The summed E-state index contributed by atoms with van der Waals surface area (Å²) >= 11 is 0. The van der Waals surface area contributed by atoms with Gasteiger partial charge in [-0.3, -0.25) is 4.79 Å². The summed E-state index contributed by atoms with van der Waals surface area (Å²) in [5.74, 6) is 0.699. The van der Waals surface area contributed by atoms with Crippen LogP contribution in [0.15, 0.2) is 24.3 Å². The highest BCUT2D eigenvalue weighted by Gasteiger charge is 2.10. The third-order valence-electron chi connectivity index (χ3n) is 3.31. The highest BCUT2D eigenvalue weighted by atomic mass is 35.5. The first kappa shape index (κ1) is 18.9. The number of nitrogens with two attached hydrogens (primary N) is 1. The second-order valence-corrected chi connectivity index (χ2v) is 5.66. The molecule has 0 aliphatic rings. The molecule has 0 fully saturated rings. The van der Waals surface area contributed by atoms with Gasteiger partial charge in [0.25, 0.3) is 0 Å². The second kappa shape index (κ2) is 8.98. The molecule has 0 bridgehead atoms. The summed E-state index contributed by atoms with van der Waals surface area (Å²) in [4.78, 5) is 13.7. The van der Waals surface area contributed by atoms with Crippen molar-refractivity contribution >= 4 is 18.3 Å². The van der Waals surface area contributed by atoms with Gasteiger partial charge >= 0.3 is 0 Å². The van der Waals surface area contributed by atoms with E-state index in [9.17, 15) is 4.79 Å². The van der Waals surface area contributed by atoms with Gasteiger partial charge in [0.15, 0.2) is 0 Å². The summed E-state index contributed by atoms with van der Waals surface area (Å²) in [7, 11) is 1.85. The first-order valence-corrected chi connectivity index (χ1v) is 6.98. The van der Waals surface area contributed by atoms with Crippen molar-refractivity contribution in [1.29, 1.82) is 0 Å². The largest absolute Gasteiger partial charge is 0.341 e. The zero-order valence-corrected chi connectivity index (χ0v) is 13.7. The highest BCUT2D eigenvalue weighted by molar-refractivity contribution is 5.85. The van der Waals surface area contributed by atoms with Crippen LogP contribution in [-0.2, 0) is 11.3 Å². The molecule has 3 nitrogen and oxygen atoms in total. The minimum Gasteiger partial charge on any atom is -0.341 e. The Kier molecular flexibility index (Phi) is 8.51. The molecular weight excluding hydrogens is 272 g/mol. The molecule has 0 aliphatic carbocycles. The van der Waals surface area contributed by atoms with E-state index in [4.69, 9.17) is 5.73 Å². The Morgan fingerprint density at radius 3 is 2.20 bits per heavy atom. The number of halogens is 1. The van der Waals surface area contributed by atoms with Crippen LogP contribution in [0.1, 0.15) is 50.7 Å². The summed E-state index contributed by atoms with van der Waals surface area (Å²) in [5, 5.41) is 0. The number of hydrogen-bond acceptors (Lipinski definition) is 2. The van der Waals surface area contributed by atoms with E-state index in [0.29, 0.717) is 18.9 Å². The van der Waals surface area contributed by atoms with Gasteiger partial charge in [0.1, 0.15) is 0 Å². The van der Waals surface area contributed by atoms with Crippen LogP contribution in [0.3, 0.4) is 0 Å². The lowest BCUT2D eigenvalue weighted by atomic mass is 10.0. The molecule has 0 radical (unpaired) electrons. The van der Waals surface area contributed by atoms with Crippen LogP contribution in [0.4, 0.5) is 0 Å². The summed E-state index contributed by atoms with van der Waals surface area (Å²) in [6.45, 7) is 6.95. The van der Waals surface area contributed by atoms with Crippen LogP contribution in [0.5, 0.6) is 0 Å². The van der Waals surface area contributed by atoms with E-state index in [1.54, 1.807) is 4.90 Å². The predicted octanol–water partition coefficient (Wildman–Crippen LogP) is 3.32. The molecular formula is C16H27ClN2O. The number of nitrogens with zero attached hydrogens (tertiary/aromatic N) is 1. The van der Waals surface area contributed by atoms with E-state index in [0.717, 1.165) is 6.42 Å². The fraction of sp³-hybridized carbons (Fsp3) is 0.562. The molecule has 1 aromatic rings. The molecule has 1 aromatic carbocycles. The maximum absolute atomic E-state index is 11.9. The third kappa shape index (κ3) is 6.40. The van der Waals surface area contributed by atoms with Gasteiger partial charge in [-0.05, 0) is 30.4 Å². The van der Waals surface area contributed by atoms with Crippen molar-refractivity contribution in [1.82, 2.24) is 4.90 Å². The van der Waals surface area contributed by atoms with Crippen LogP contribution in [0.2, 0.25) is 0 Å². The number of hydrogen-bond donors (Lipinski definition) is 1. The Balaban J connectivity index is 0.00000361. The van der Waals surface area contributed by atoms with Crippen LogP contribution in [0.25, 0.3) is 0 Å². The van der Waals surface area contributed by atoms with E-state index in [1.165, 1.54) is 11.1 Å². The van der Waals surface area contributed by atoms with Gasteiger partial charge in [-0.15, -0.1) is 12.4 Å². The molecule has 1 rings (SSSR count). The maximum atomic E-state index is 11.9. The van der Waals surface area contributed by atoms with Crippen molar-refractivity contribution in [2.75, 3.05) is 7.05 Å². The molecule has 114 valence electrons. The molecule has 0 saturated carbocycles. The van der Waals surface area contributed by atoms with Crippen LogP contribution >= 0.6 is 12.4 Å². The first-order valence-electron chi connectivity index (χ1n) is 6.98. The van der Waals surface area contributed by atoms with Gasteiger partial charge in [-0.25, -0.2) is 0 Å². The molecule has 20 heavy (non-hydrogen) atoms. The van der Waals surface area contributed by atoms with Gasteiger partial charge in [0.2, 0.25) is 5.91 Å². The van der Waals surface area contributed by atoms with E-state index in [2.05, 4.69) is 38.1 Å². The lowest BCUT2D eigenvalue weighted by Gasteiger charge is -2.18. The normalized spacial score (nSPS) is 11.9. The Bertz CT molecular complexity index is 401. The monoisotopic (exact) mass is 298 g/mol. The smallest absolute Gasteiger partial charge is 0.222 e. The Morgan fingerprint density at radius 2 is 1.75 bits per heavy atom. The number of rotatable bonds is 6. The average molecular weight is 299 g/mol. The summed E-state index contributed by atoms with van der Waals surface area (Å²) in [6, 6.07) is 8.57. The van der Waals surface area contributed by atoms with Crippen molar-refractivity contribution in [2.45, 2.75) is 52.1 Å². The van der Waals surface area contributed by atoms with Crippen molar-refractivity contribution in [2.24, 2.45) is 5.73 Å². The number of amides is 1. The summed E-state index contributed by atoms with van der Waals surface area (Å²) in [6.07, 6.45) is 1.27. The molecule has 2 N–H and O–H groups in total. The minimum atomic E-state index is 0. The summed E-state index contributed by atoms with van der Waals surface area (Å²) in [5.41, 5.74) is 8.16. The molecule has 0 saturated heterocycles. The van der Waals surface area contributed by atoms with Gasteiger partial charge in [-0.1, -0.05) is 38.1 Å². The van der Waals surface area contributed by atoms with E-state index >= 15 is 0 Å². The number of carbonyl (C=O) groups is 1. The number of carbonyl (C=O) groups excluding carboxylic acids is 1. The highest BCUT2D eigenvalue weighted by Crippen LogP contribution is 2.15. The molecule has 0 aliphatic heterocycles. The SMILES string of the molecule is CC(N)CCC(=O)N(C)Cc1ccc(C(C)C)cc1.Cl. The minimum absolute atomic E-state index is 0. The van der Waals surface area contributed by atoms with Crippen molar-refractivity contribution in [3.05, 3.63) is 35.4 Å². The zero-order chi connectivity index (χ0) is 14.4. The summed E-state index contributed by atoms with van der Waals surface area (Å²) < 4.78 is 0. The molecule has 0 aromatic heterocycles. The molecule has 1 amide bonds. The quantitative estimate of drug-likeness (QED) is 0.876. The number of benzene rings is 1.